The first-order chi connectivity index (χ1) is 9.16. The van der Waals surface area contributed by atoms with Crippen molar-refractivity contribution in [1.29, 1.82) is 0 Å². The molecule has 0 atom stereocenters. The topological polar surface area (TPSA) is 67.5 Å². The van der Waals surface area contributed by atoms with Gasteiger partial charge in [-0.3, -0.25) is 0 Å². The molecule has 0 aliphatic heterocycles. The molecule has 1 N–H and O–H groups in total. The summed E-state index contributed by atoms with van der Waals surface area (Å²) in [5, 5.41) is 17.1. The van der Waals surface area contributed by atoms with Gasteiger partial charge in [-0.1, -0.05) is 6.07 Å². The number of carbonyl (C=O) groups is 1. The Bertz CT molecular complexity index is 777. The summed E-state index contributed by atoms with van der Waals surface area (Å²) >= 11 is 0. The number of aryl methyl sites for hydroxylation is 1. The second-order valence-corrected chi connectivity index (χ2v) is 4.25. The SMILES string of the molecule is Cc1nnc(-c2ccc3ccccn23)cc1C(=O)O. The van der Waals surface area contributed by atoms with E-state index in [0.717, 1.165) is 11.2 Å². The van der Waals surface area contributed by atoms with Crippen LogP contribution in [0.3, 0.4) is 0 Å². The van der Waals surface area contributed by atoms with Crippen LogP contribution in [0.25, 0.3) is 16.9 Å². The normalized spacial score (nSPS) is 10.8. The van der Waals surface area contributed by atoms with Gasteiger partial charge in [-0.2, -0.15) is 5.10 Å². The van der Waals surface area contributed by atoms with E-state index in [9.17, 15) is 4.79 Å². The molecule has 3 aromatic rings. The zero-order valence-electron chi connectivity index (χ0n) is 10.2. The summed E-state index contributed by atoms with van der Waals surface area (Å²) in [4.78, 5) is 11.1. The number of aromatic carboxylic acids is 1. The van der Waals surface area contributed by atoms with Gasteiger partial charge in [0.05, 0.1) is 17.0 Å². The smallest absolute Gasteiger partial charge is 0.337 e. The fraction of sp³-hybridized carbons (Fsp3) is 0.0714. The molecule has 0 radical (unpaired) electrons. The van der Waals surface area contributed by atoms with E-state index in [2.05, 4.69) is 10.2 Å². The van der Waals surface area contributed by atoms with Gasteiger partial charge in [0.1, 0.15) is 5.69 Å². The van der Waals surface area contributed by atoms with E-state index in [0.29, 0.717) is 11.4 Å². The summed E-state index contributed by atoms with van der Waals surface area (Å²) in [6.07, 6.45) is 1.91. The maximum atomic E-state index is 11.1. The largest absolute Gasteiger partial charge is 0.478 e. The molecule has 0 amide bonds. The number of nitrogens with zero attached hydrogens (tertiary/aromatic N) is 3. The molecule has 0 saturated heterocycles. The predicted molar refractivity (Wildman–Crippen MR) is 70.1 cm³/mol. The quantitative estimate of drug-likeness (QED) is 0.761. The molecule has 5 nitrogen and oxygen atoms in total. The molecule has 94 valence electrons. The zero-order chi connectivity index (χ0) is 13.4. The molecule has 3 rings (SSSR count). The lowest BCUT2D eigenvalue weighted by Crippen LogP contribution is -2.04. The van der Waals surface area contributed by atoms with Crippen LogP contribution in [0.15, 0.2) is 42.6 Å². The number of pyridine rings is 1. The van der Waals surface area contributed by atoms with E-state index in [1.54, 1.807) is 13.0 Å². The fourth-order valence-corrected chi connectivity index (χ4v) is 2.06. The van der Waals surface area contributed by atoms with Crippen molar-refractivity contribution in [3.63, 3.8) is 0 Å². The van der Waals surface area contributed by atoms with E-state index >= 15 is 0 Å². The molecule has 0 aliphatic carbocycles. The van der Waals surface area contributed by atoms with Crippen molar-refractivity contribution >= 4 is 11.5 Å². The number of hydrogen-bond acceptors (Lipinski definition) is 3. The Kier molecular flexibility index (Phi) is 2.52. The van der Waals surface area contributed by atoms with Crippen molar-refractivity contribution in [3.05, 3.63) is 53.9 Å². The molecule has 0 spiro atoms. The van der Waals surface area contributed by atoms with Crippen molar-refractivity contribution in [2.45, 2.75) is 6.92 Å². The second-order valence-electron chi connectivity index (χ2n) is 4.25. The molecule has 19 heavy (non-hydrogen) atoms. The molecule has 0 fully saturated rings. The highest BCUT2D eigenvalue weighted by atomic mass is 16.4. The van der Waals surface area contributed by atoms with E-state index in [-0.39, 0.29) is 5.56 Å². The highest BCUT2D eigenvalue weighted by Gasteiger charge is 2.13. The standard InChI is InChI=1S/C14H11N3O2/c1-9-11(14(18)19)8-12(16-15-9)13-6-5-10-4-2-3-7-17(10)13/h2-8H,1H3,(H,18,19). The third-order valence-electron chi connectivity index (χ3n) is 3.03. The minimum absolute atomic E-state index is 0.177. The lowest BCUT2D eigenvalue weighted by molar-refractivity contribution is 0.0695. The van der Waals surface area contributed by atoms with E-state index in [1.165, 1.54) is 0 Å². The van der Waals surface area contributed by atoms with Gasteiger partial charge in [0.15, 0.2) is 0 Å². The number of fused-ring (bicyclic) bond motifs is 1. The van der Waals surface area contributed by atoms with Crippen LogP contribution in [0.2, 0.25) is 0 Å². The number of rotatable bonds is 2. The third-order valence-corrected chi connectivity index (χ3v) is 3.03. The Morgan fingerprint density at radius 2 is 2.05 bits per heavy atom. The van der Waals surface area contributed by atoms with Crippen LogP contribution < -0.4 is 0 Å². The first-order valence-corrected chi connectivity index (χ1v) is 5.81. The van der Waals surface area contributed by atoms with Gasteiger partial charge >= 0.3 is 5.97 Å². The van der Waals surface area contributed by atoms with Crippen LogP contribution in [0.5, 0.6) is 0 Å². The molecule has 0 aliphatic rings. The van der Waals surface area contributed by atoms with Crippen molar-refractivity contribution in [2.24, 2.45) is 0 Å². The number of aromatic nitrogens is 3. The minimum Gasteiger partial charge on any atom is -0.478 e. The summed E-state index contributed by atoms with van der Waals surface area (Å²) in [6, 6.07) is 11.2. The Labute approximate surface area is 109 Å². The summed E-state index contributed by atoms with van der Waals surface area (Å²) < 4.78 is 1.95. The Balaban J connectivity index is 2.22. The van der Waals surface area contributed by atoms with Crippen LogP contribution in [0.1, 0.15) is 16.1 Å². The van der Waals surface area contributed by atoms with Gasteiger partial charge < -0.3 is 9.51 Å². The molecular weight excluding hydrogens is 242 g/mol. The molecule has 3 heterocycles. The van der Waals surface area contributed by atoms with Crippen LogP contribution in [-0.2, 0) is 0 Å². The Morgan fingerprint density at radius 1 is 1.21 bits per heavy atom. The molecule has 0 saturated carbocycles. The Hall–Kier alpha value is -2.69. The van der Waals surface area contributed by atoms with Crippen molar-refractivity contribution in [3.8, 4) is 11.4 Å². The fourth-order valence-electron chi connectivity index (χ4n) is 2.06. The first-order valence-electron chi connectivity index (χ1n) is 5.81. The van der Waals surface area contributed by atoms with E-state index in [4.69, 9.17) is 5.11 Å². The summed E-state index contributed by atoms with van der Waals surface area (Å²) in [5.41, 5.74) is 2.99. The third kappa shape index (κ3) is 1.85. The highest BCUT2D eigenvalue weighted by Crippen LogP contribution is 2.21. The predicted octanol–water partition coefficient (Wildman–Crippen LogP) is 2.40. The lowest BCUT2D eigenvalue weighted by atomic mass is 10.2. The zero-order valence-corrected chi connectivity index (χ0v) is 10.2. The van der Waals surface area contributed by atoms with Crippen LogP contribution in [-0.4, -0.2) is 25.7 Å². The minimum atomic E-state index is -0.991. The van der Waals surface area contributed by atoms with Gasteiger partial charge in [0.2, 0.25) is 0 Å². The van der Waals surface area contributed by atoms with Crippen LogP contribution in [0.4, 0.5) is 0 Å². The average Bonchev–Trinajstić information content (AvgIpc) is 2.83. The maximum absolute atomic E-state index is 11.1. The van der Waals surface area contributed by atoms with Gasteiger partial charge in [-0.25, -0.2) is 4.79 Å². The van der Waals surface area contributed by atoms with Gasteiger partial charge in [-0.05, 0) is 37.3 Å². The maximum Gasteiger partial charge on any atom is 0.337 e. The molecule has 0 aromatic carbocycles. The average molecular weight is 253 g/mol. The van der Waals surface area contributed by atoms with E-state index < -0.39 is 5.97 Å². The molecule has 0 bridgehead atoms. The summed E-state index contributed by atoms with van der Waals surface area (Å²) in [5.74, 6) is -0.991. The second kappa shape index (κ2) is 4.20. The molecule has 3 aromatic heterocycles. The van der Waals surface area contributed by atoms with Crippen molar-refractivity contribution < 1.29 is 9.90 Å². The monoisotopic (exact) mass is 253 g/mol. The van der Waals surface area contributed by atoms with Crippen molar-refractivity contribution in [2.75, 3.05) is 0 Å². The summed E-state index contributed by atoms with van der Waals surface area (Å²) in [6.45, 7) is 1.64. The Morgan fingerprint density at radius 3 is 2.84 bits per heavy atom. The van der Waals surface area contributed by atoms with Gasteiger partial charge in [0, 0.05) is 11.7 Å². The lowest BCUT2D eigenvalue weighted by Gasteiger charge is -2.04. The number of carboxylic acids is 1. The molecule has 5 heteroatoms. The van der Waals surface area contributed by atoms with Gasteiger partial charge in [-0.15, -0.1) is 5.10 Å². The summed E-state index contributed by atoms with van der Waals surface area (Å²) in [7, 11) is 0. The first kappa shape index (κ1) is 11.4. The van der Waals surface area contributed by atoms with E-state index in [1.807, 2.05) is 40.9 Å². The van der Waals surface area contributed by atoms with Crippen molar-refractivity contribution in [1.82, 2.24) is 14.6 Å². The van der Waals surface area contributed by atoms with Crippen LogP contribution in [0, 0.1) is 6.92 Å². The number of hydrogen-bond donors (Lipinski definition) is 1. The van der Waals surface area contributed by atoms with Gasteiger partial charge in [0.25, 0.3) is 0 Å². The highest BCUT2D eigenvalue weighted by molar-refractivity contribution is 5.89. The van der Waals surface area contributed by atoms with Crippen LogP contribution >= 0.6 is 0 Å². The molecular formula is C14H11N3O2. The molecule has 0 unspecified atom stereocenters. The number of carboxylic acid groups (broad SMARTS) is 1.